The van der Waals surface area contributed by atoms with E-state index in [9.17, 15) is 4.79 Å². The van der Waals surface area contributed by atoms with E-state index in [2.05, 4.69) is 15.9 Å². The minimum atomic E-state index is -0.0371. The third-order valence-electron chi connectivity index (χ3n) is 3.34. The lowest BCUT2D eigenvalue weighted by molar-refractivity contribution is 0.0741. The molecule has 1 atom stereocenters. The summed E-state index contributed by atoms with van der Waals surface area (Å²) in [6.45, 7) is 2.01. The first-order valence-corrected chi connectivity index (χ1v) is 7.45. The molecule has 0 bridgehead atoms. The molecule has 0 N–H and O–H groups in total. The summed E-state index contributed by atoms with van der Waals surface area (Å²) >= 11 is 9.29. The number of halogens is 2. The second kappa shape index (κ2) is 6.42. The largest absolute Gasteiger partial charge is 0.335 e. The molecule has 0 aliphatic heterocycles. The second-order valence-corrected chi connectivity index (χ2v) is 5.92. The highest BCUT2D eigenvalue weighted by Gasteiger charge is 2.20. The van der Waals surface area contributed by atoms with Crippen molar-refractivity contribution >= 4 is 33.4 Å². The lowest BCUT2D eigenvalue weighted by Gasteiger charge is -2.26. The first-order chi connectivity index (χ1) is 9.50. The highest BCUT2D eigenvalue weighted by Crippen LogP contribution is 2.26. The summed E-state index contributed by atoms with van der Waals surface area (Å²) in [4.78, 5) is 14.3. The molecule has 104 valence electrons. The van der Waals surface area contributed by atoms with Crippen molar-refractivity contribution in [3.05, 3.63) is 69.2 Å². The second-order valence-electron chi connectivity index (χ2n) is 4.63. The Morgan fingerprint density at radius 1 is 1.20 bits per heavy atom. The molecule has 2 nitrogen and oxygen atoms in total. The topological polar surface area (TPSA) is 20.3 Å². The minimum absolute atomic E-state index is 0.00581. The standard InChI is InChI=1S/C16H15BrClNO/c1-11(12-6-4-3-5-7-12)19(2)16(20)14-9-8-13(18)10-15(14)17/h3-11H,1-2H3. The maximum absolute atomic E-state index is 12.5. The molecular weight excluding hydrogens is 338 g/mol. The van der Waals surface area contributed by atoms with Crippen LogP contribution in [0.15, 0.2) is 53.0 Å². The third-order valence-corrected chi connectivity index (χ3v) is 4.24. The van der Waals surface area contributed by atoms with Gasteiger partial charge in [-0.15, -0.1) is 0 Å². The molecule has 0 aliphatic carbocycles. The van der Waals surface area contributed by atoms with Crippen molar-refractivity contribution in [2.75, 3.05) is 7.05 Å². The van der Waals surface area contributed by atoms with Gasteiger partial charge in [-0.2, -0.15) is 0 Å². The zero-order valence-electron chi connectivity index (χ0n) is 11.3. The number of nitrogens with zero attached hydrogens (tertiary/aromatic N) is 1. The molecule has 2 rings (SSSR count). The molecular formula is C16H15BrClNO. The van der Waals surface area contributed by atoms with Gasteiger partial charge in [0.2, 0.25) is 0 Å². The zero-order valence-corrected chi connectivity index (χ0v) is 13.6. The van der Waals surface area contributed by atoms with Crippen molar-refractivity contribution in [2.24, 2.45) is 0 Å². The number of carbonyl (C=O) groups is 1. The van der Waals surface area contributed by atoms with Crippen molar-refractivity contribution in [2.45, 2.75) is 13.0 Å². The normalized spacial score (nSPS) is 12.0. The molecule has 0 radical (unpaired) electrons. The predicted molar refractivity (Wildman–Crippen MR) is 86.1 cm³/mol. The summed E-state index contributed by atoms with van der Waals surface area (Å²) in [5.74, 6) is -0.0371. The first kappa shape index (κ1) is 15.1. The summed E-state index contributed by atoms with van der Waals surface area (Å²) in [5.41, 5.74) is 1.72. The van der Waals surface area contributed by atoms with Crippen LogP contribution in [-0.2, 0) is 0 Å². The van der Waals surface area contributed by atoms with Crippen molar-refractivity contribution in [3.63, 3.8) is 0 Å². The average Bonchev–Trinajstić information content (AvgIpc) is 2.46. The Hall–Kier alpha value is -1.32. The summed E-state index contributed by atoms with van der Waals surface area (Å²) in [6.07, 6.45) is 0. The van der Waals surface area contributed by atoms with Gasteiger partial charge >= 0.3 is 0 Å². The van der Waals surface area contributed by atoms with Crippen molar-refractivity contribution in [1.82, 2.24) is 4.90 Å². The minimum Gasteiger partial charge on any atom is -0.335 e. The van der Waals surface area contributed by atoms with Crippen molar-refractivity contribution < 1.29 is 4.79 Å². The van der Waals surface area contributed by atoms with Crippen LogP contribution in [0.25, 0.3) is 0 Å². The molecule has 0 aromatic heterocycles. The van der Waals surface area contributed by atoms with Gasteiger partial charge in [-0.25, -0.2) is 0 Å². The maximum Gasteiger partial charge on any atom is 0.255 e. The Bertz CT molecular complexity index is 615. The molecule has 1 unspecified atom stereocenters. The van der Waals surface area contributed by atoms with Gasteiger partial charge in [-0.05, 0) is 46.6 Å². The lowest BCUT2D eigenvalue weighted by Crippen LogP contribution is -2.29. The van der Waals surface area contributed by atoms with Crippen LogP contribution in [0.1, 0.15) is 28.9 Å². The van der Waals surface area contributed by atoms with Crippen LogP contribution in [0, 0.1) is 0 Å². The van der Waals surface area contributed by atoms with Crippen LogP contribution in [0.4, 0.5) is 0 Å². The van der Waals surface area contributed by atoms with Crippen LogP contribution >= 0.6 is 27.5 Å². The molecule has 2 aromatic rings. The summed E-state index contributed by atoms with van der Waals surface area (Å²) in [6, 6.07) is 15.2. The Kier molecular flexibility index (Phi) is 4.84. The van der Waals surface area contributed by atoms with E-state index in [1.807, 2.05) is 37.3 Å². The average molecular weight is 353 g/mol. The fraction of sp³-hybridized carbons (Fsp3) is 0.188. The summed E-state index contributed by atoms with van der Waals surface area (Å²) in [5, 5.41) is 0.604. The van der Waals surface area contributed by atoms with Gasteiger partial charge in [0.25, 0.3) is 5.91 Å². The Labute approximate surface area is 132 Å². The molecule has 0 spiro atoms. The fourth-order valence-electron chi connectivity index (χ4n) is 1.98. The Morgan fingerprint density at radius 3 is 2.45 bits per heavy atom. The molecule has 20 heavy (non-hydrogen) atoms. The Balaban J connectivity index is 2.24. The maximum atomic E-state index is 12.5. The number of amides is 1. The first-order valence-electron chi connectivity index (χ1n) is 6.28. The molecule has 2 aromatic carbocycles. The molecule has 0 saturated carbocycles. The highest BCUT2D eigenvalue weighted by molar-refractivity contribution is 9.10. The number of rotatable bonds is 3. The van der Waals surface area contributed by atoms with Gasteiger partial charge < -0.3 is 4.90 Å². The number of benzene rings is 2. The highest BCUT2D eigenvalue weighted by atomic mass is 79.9. The van der Waals surface area contributed by atoms with E-state index >= 15 is 0 Å². The Morgan fingerprint density at radius 2 is 1.85 bits per heavy atom. The van der Waals surface area contributed by atoms with E-state index in [0.717, 1.165) is 5.56 Å². The van der Waals surface area contributed by atoms with E-state index in [1.165, 1.54) is 0 Å². The van der Waals surface area contributed by atoms with Gasteiger partial charge in [0.1, 0.15) is 0 Å². The van der Waals surface area contributed by atoms with Gasteiger partial charge in [-0.3, -0.25) is 4.79 Å². The van der Waals surface area contributed by atoms with E-state index in [1.54, 1.807) is 30.1 Å². The monoisotopic (exact) mass is 351 g/mol. The predicted octanol–water partition coefficient (Wildman–Crippen LogP) is 4.94. The smallest absolute Gasteiger partial charge is 0.255 e. The zero-order chi connectivity index (χ0) is 14.7. The van der Waals surface area contributed by atoms with Crippen LogP contribution in [-0.4, -0.2) is 17.9 Å². The van der Waals surface area contributed by atoms with Crippen LogP contribution in [0.2, 0.25) is 5.02 Å². The number of hydrogen-bond donors (Lipinski definition) is 0. The molecule has 0 aliphatic rings. The van der Waals surface area contributed by atoms with E-state index in [-0.39, 0.29) is 11.9 Å². The third kappa shape index (κ3) is 3.22. The van der Waals surface area contributed by atoms with E-state index in [4.69, 9.17) is 11.6 Å². The summed E-state index contributed by atoms with van der Waals surface area (Å²) < 4.78 is 0.710. The number of hydrogen-bond acceptors (Lipinski definition) is 1. The van der Waals surface area contributed by atoms with Gasteiger partial charge in [0.15, 0.2) is 0 Å². The van der Waals surface area contributed by atoms with Gasteiger partial charge in [0.05, 0.1) is 11.6 Å². The SMILES string of the molecule is CC(c1ccccc1)N(C)C(=O)c1ccc(Cl)cc1Br. The molecule has 1 amide bonds. The fourth-order valence-corrected chi connectivity index (χ4v) is 2.84. The van der Waals surface area contributed by atoms with Gasteiger partial charge in [-0.1, -0.05) is 41.9 Å². The quantitative estimate of drug-likeness (QED) is 0.766. The molecule has 4 heteroatoms. The molecule has 0 heterocycles. The molecule has 0 saturated heterocycles. The van der Waals surface area contributed by atoms with Crippen molar-refractivity contribution in [1.29, 1.82) is 0 Å². The van der Waals surface area contributed by atoms with Crippen LogP contribution < -0.4 is 0 Å². The molecule has 0 fully saturated rings. The van der Waals surface area contributed by atoms with Crippen LogP contribution in [0.5, 0.6) is 0 Å². The van der Waals surface area contributed by atoms with Crippen LogP contribution in [0.3, 0.4) is 0 Å². The summed E-state index contributed by atoms with van der Waals surface area (Å²) in [7, 11) is 1.81. The van der Waals surface area contributed by atoms with E-state index < -0.39 is 0 Å². The van der Waals surface area contributed by atoms with Gasteiger partial charge in [0, 0.05) is 16.5 Å². The van der Waals surface area contributed by atoms with E-state index in [0.29, 0.717) is 15.1 Å². The number of carbonyl (C=O) groups excluding carboxylic acids is 1. The van der Waals surface area contributed by atoms with Crippen molar-refractivity contribution in [3.8, 4) is 0 Å². The lowest BCUT2D eigenvalue weighted by atomic mass is 10.1.